The Kier molecular flexibility index (Phi) is 2.84. The topological polar surface area (TPSA) is 68.1 Å². The quantitative estimate of drug-likeness (QED) is 0.805. The molecule has 6 nitrogen and oxygen atoms in total. The maximum atomic E-state index is 11.4. The van der Waals surface area contributed by atoms with E-state index in [0.717, 1.165) is 11.9 Å². The van der Waals surface area contributed by atoms with Gasteiger partial charge in [-0.15, -0.1) is 0 Å². The summed E-state index contributed by atoms with van der Waals surface area (Å²) in [5.74, 6) is 0. The Bertz CT molecular complexity index is 606. The van der Waals surface area contributed by atoms with Crippen molar-refractivity contribution in [2.45, 2.75) is 0 Å². The maximum Gasteiger partial charge on any atom is 0.232 e. The summed E-state index contributed by atoms with van der Waals surface area (Å²) >= 11 is 0. The van der Waals surface area contributed by atoms with E-state index in [1.807, 2.05) is 6.07 Å². The lowest BCUT2D eigenvalue weighted by atomic mass is 10.4. The van der Waals surface area contributed by atoms with Crippen LogP contribution in [0, 0.1) is 0 Å². The monoisotopic (exact) mass is 252 g/mol. The molecule has 90 valence electrons. The predicted molar refractivity (Wildman–Crippen MR) is 64.6 cm³/mol. The summed E-state index contributed by atoms with van der Waals surface area (Å²) in [4.78, 5) is 3.97. The van der Waals surface area contributed by atoms with Crippen molar-refractivity contribution in [2.24, 2.45) is 0 Å². The summed E-state index contributed by atoms with van der Waals surface area (Å²) in [6.07, 6.45) is 7.59. The molecule has 0 spiro atoms. The molecule has 0 saturated carbocycles. The van der Waals surface area contributed by atoms with Crippen LogP contribution in [0.25, 0.3) is 5.69 Å². The minimum Gasteiger partial charge on any atom is -0.270 e. The fourth-order valence-electron chi connectivity index (χ4n) is 1.30. The van der Waals surface area contributed by atoms with Crippen molar-refractivity contribution < 1.29 is 8.42 Å². The Balaban J connectivity index is 2.35. The lowest BCUT2D eigenvalue weighted by Crippen LogP contribution is -2.24. The summed E-state index contributed by atoms with van der Waals surface area (Å²) in [7, 11) is -1.77. The van der Waals surface area contributed by atoms with Crippen LogP contribution in [-0.2, 0) is 10.0 Å². The molecule has 2 rings (SSSR count). The van der Waals surface area contributed by atoms with Gasteiger partial charge < -0.3 is 0 Å². The van der Waals surface area contributed by atoms with Gasteiger partial charge in [0.25, 0.3) is 0 Å². The van der Waals surface area contributed by atoms with Gasteiger partial charge >= 0.3 is 0 Å². The number of hydrogen-bond acceptors (Lipinski definition) is 4. The molecular formula is C10H12N4O2S. The van der Waals surface area contributed by atoms with E-state index in [1.54, 1.807) is 29.3 Å². The molecule has 0 fully saturated rings. The lowest BCUT2D eigenvalue weighted by molar-refractivity contribution is 0.600. The van der Waals surface area contributed by atoms with E-state index in [9.17, 15) is 8.42 Å². The first-order valence-electron chi connectivity index (χ1n) is 4.87. The molecule has 2 aromatic rings. The highest BCUT2D eigenvalue weighted by atomic mass is 32.2. The van der Waals surface area contributed by atoms with Gasteiger partial charge in [-0.25, -0.2) is 13.1 Å². The number of anilines is 1. The zero-order valence-corrected chi connectivity index (χ0v) is 10.3. The molecule has 0 aliphatic carbocycles. The molecule has 0 saturated heterocycles. The van der Waals surface area contributed by atoms with Gasteiger partial charge in [0, 0.05) is 13.2 Å². The van der Waals surface area contributed by atoms with Crippen LogP contribution in [0.5, 0.6) is 0 Å². The van der Waals surface area contributed by atoms with Crippen molar-refractivity contribution in [2.75, 3.05) is 17.6 Å². The number of rotatable bonds is 3. The smallest absolute Gasteiger partial charge is 0.232 e. The molecule has 0 radical (unpaired) electrons. The van der Waals surface area contributed by atoms with Crippen LogP contribution in [0.3, 0.4) is 0 Å². The SMILES string of the molecule is CN(c1cnn(-c2cccnc2)c1)S(C)(=O)=O. The molecule has 0 bridgehead atoms. The first-order valence-corrected chi connectivity index (χ1v) is 6.72. The van der Waals surface area contributed by atoms with Crippen LogP contribution in [0.15, 0.2) is 36.9 Å². The first-order chi connectivity index (χ1) is 7.98. The largest absolute Gasteiger partial charge is 0.270 e. The Morgan fingerprint density at radius 1 is 1.35 bits per heavy atom. The van der Waals surface area contributed by atoms with Crippen molar-refractivity contribution in [3.05, 3.63) is 36.9 Å². The van der Waals surface area contributed by atoms with Gasteiger partial charge in [-0.05, 0) is 12.1 Å². The molecule has 0 N–H and O–H groups in total. The highest BCUT2D eigenvalue weighted by Gasteiger charge is 2.13. The fraction of sp³-hybridized carbons (Fsp3) is 0.200. The summed E-state index contributed by atoms with van der Waals surface area (Å²) in [5, 5.41) is 4.09. The summed E-state index contributed by atoms with van der Waals surface area (Å²) in [6, 6.07) is 3.63. The van der Waals surface area contributed by atoms with Crippen molar-refractivity contribution in [3.8, 4) is 5.69 Å². The van der Waals surface area contributed by atoms with Gasteiger partial charge in [0.15, 0.2) is 0 Å². The molecule has 0 atom stereocenters. The summed E-state index contributed by atoms with van der Waals surface area (Å²) < 4.78 is 25.5. The second-order valence-electron chi connectivity index (χ2n) is 3.58. The van der Waals surface area contributed by atoms with Gasteiger partial charge in [0.1, 0.15) is 0 Å². The fourth-order valence-corrected chi connectivity index (χ4v) is 1.78. The average molecular weight is 252 g/mol. The molecule has 2 aromatic heterocycles. The Morgan fingerprint density at radius 2 is 2.12 bits per heavy atom. The molecule has 0 unspecified atom stereocenters. The molecular weight excluding hydrogens is 240 g/mol. The van der Waals surface area contributed by atoms with Crippen LogP contribution in [0.4, 0.5) is 5.69 Å². The molecule has 17 heavy (non-hydrogen) atoms. The normalized spacial score (nSPS) is 11.4. The second-order valence-corrected chi connectivity index (χ2v) is 5.60. The lowest BCUT2D eigenvalue weighted by Gasteiger charge is -2.13. The van der Waals surface area contributed by atoms with Gasteiger partial charge in [-0.2, -0.15) is 5.10 Å². The third-order valence-electron chi connectivity index (χ3n) is 2.34. The van der Waals surface area contributed by atoms with Gasteiger partial charge in [-0.3, -0.25) is 9.29 Å². The van der Waals surface area contributed by atoms with E-state index in [-0.39, 0.29) is 0 Å². The highest BCUT2D eigenvalue weighted by Crippen LogP contribution is 2.16. The van der Waals surface area contributed by atoms with Crippen LogP contribution in [0.1, 0.15) is 0 Å². The summed E-state index contributed by atoms with van der Waals surface area (Å²) in [6.45, 7) is 0. The Morgan fingerprint density at radius 3 is 2.71 bits per heavy atom. The number of aromatic nitrogens is 3. The minimum absolute atomic E-state index is 0.511. The average Bonchev–Trinajstić information content (AvgIpc) is 2.77. The standard InChI is InChI=1S/C10H12N4O2S/c1-13(17(2,15)16)10-7-12-14(8-10)9-4-3-5-11-6-9/h3-8H,1-2H3. The van der Waals surface area contributed by atoms with Gasteiger partial charge in [0.2, 0.25) is 10.0 Å². The highest BCUT2D eigenvalue weighted by molar-refractivity contribution is 7.92. The molecule has 0 aliphatic rings. The number of nitrogens with zero attached hydrogens (tertiary/aromatic N) is 4. The number of hydrogen-bond donors (Lipinski definition) is 0. The number of pyridine rings is 1. The van der Waals surface area contributed by atoms with E-state index >= 15 is 0 Å². The van der Waals surface area contributed by atoms with Crippen molar-refractivity contribution in [1.82, 2.24) is 14.8 Å². The van der Waals surface area contributed by atoms with Gasteiger partial charge in [-0.1, -0.05) is 0 Å². The predicted octanol–water partition coefficient (Wildman–Crippen LogP) is 0.663. The molecule has 7 heteroatoms. The Labute approximate surface area is 99.6 Å². The summed E-state index contributed by atoms with van der Waals surface area (Å²) in [5.41, 5.74) is 1.29. The van der Waals surface area contributed by atoms with E-state index < -0.39 is 10.0 Å². The van der Waals surface area contributed by atoms with E-state index in [0.29, 0.717) is 5.69 Å². The van der Waals surface area contributed by atoms with Crippen LogP contribution >= 0.6 is 0 Å². The molecule has 0 amide bonds. The third-order valence-corrected chi connectivity index (χ3v) is 3.55. The zero-order chi connectivity index (χ0) is 12.5. The second kappa shape index (κ2) is 4.17. The van der Waals surface area contributed by atoms with Crippen LogP contribution in [0.2, 0.25) is 0 Å². The first kappa shape index (κ1) is 11.6. The van der Waals surface area contributed by atoms with Crippen LogP contribution < -0.4 is 4.31 Å². The van der Waals surface area contributed by atoms with Crippen LogP contribution in [-0.4, -0.2) is 36.5 Å². The van der Waals surface area contributed by atoms with Crippen molar-refractivity contribution in [3.63, 3.8) is 0 Å². The van der Waals surface area contributed by atoms with Gasteiger partial charge in [0.05, 0.1) is 36.2 Å². The molecule has 0 aliphatic heterocycles. The minimum atomic E-state index is -3.26. The maximum absolute atomic E-state index is 11.4. The van der Waals surface area contributed by atoms with E-state index in [2.05, 4.69) is 10.1 Å². The number of sulfonamides is 1. The Hall–Kier alpha value is -1.89. The van der Waals surface area contributed by atoms with E-state index in [4.69, 9.17) is 0 Å². The third kappa shape index (κ3) is 2.44. The molecule has 0 aromatic carbocycles. The zero-order valence-electron chi connectivity index (χ0n) is 9.48. The van der Waals surface area contributed by atoms with E-state index in [1.165, 1.54) is 17.5 Å². The van der Waals surface area contributed by atoms with Crippen molar-refractivity contribution >= 4 is 15.7 Å². The molecule has 2 heterocycles. The van der Waals surface area contributed by atoms with Crippen molar-refractivity contribution in [1.29, 1.82) is 0 Å².